The van der Waals surface area contributed by atoms with Gasteiger partial charge in [0.1, 0.15) is 18.0 Å². The number of hydrogen-bond donors (Lipinski definition) is 2. The van der Waals surface area contributed by atoms with Crippen molar-refractivity contribution in [2.45, 2.75) is 32.4 Å². The van der Waals surface area contributed by atoms with Gasteiger partial charge >= 0.3 is 0 Å². The Morgan fingerprint density at radius 1 is 1.20 bits per heavy atom. The number of anilines is 3. The zero-order valence-electron chi connectivity index (χ0n) is 16.7. The van der Waals surface area contributed by atoms with Crippen molar-refractivity contribution in [1.29, 1.82) is 0 Å². The Bertz CT molecular complexity index is 1120. The summed E-state index contributed by atoms with van der Waals surface area (Å²) in [4.78, 5) is 18.9. The van der Waals surface area contributed by atoms with E-state index in [1.807, 2.05) is 24.3 Å². The largest absolute Gasteiger partial charge is 0.386 e. The first kappa shape index (κ1) is 20.1. The predicted molar refractivity (Wildman–Crippen MR) is 117 cm³/mol. The molecule has 7 nitrogen and oxygen atoms in total. The summed E-state index contributed by atoms with van der Waals surface area (Å²) in [7, 11) is 0. The van der Waals surface area contributed by atoms with Crippen LogP contribution in [0, 0.1) is 6.57 Å². The Morgan fingerprint density at radius 2 is 2.03 bits per heavy atom. The second-order valence-electron chi connectivity index (χ2n) is 7.68. The fourth-order valence-electron chi connectivity index (χ4n) is 3.42. The molecule has 0 spiro atoms. The minimum absolute atomic E-state index is 0.453. The second-order valence-corrected chi connectivity index (χ2v) is 8.09. The normalized spacial score (nSPS) is 13.5. The van der Waals surface area contributed by atoms with Crippen LogP contribution in [-0.2, 0) is 18.6 Å². The fraction of sp³-hybridized carbons (Fsp3) is 0.273. The van der Waals surface area contributed by atoms with Crippen LogP contribution >= 0.6 is 11.6 Å². The number of pyridine rings is 1. The van der Waals surface area contributed by atoms with Gasteiger partial charge in [0.15, 0.2) is 0 Å². The third-order valence-corrected chi connectivity index (χ3v) is 5.44. The van der Waals surface area contributed by atoms with E-state index in [0.29, 0.717) is 23.1 Å². The molecule has 3 heterocycles. The van der Waals surface area contributed by atoms with E-state index in [1.165, 1.54) is 0 Å². The quantitative estimate of drug-likeness (QED) is 0.600. The summed E-state index contributed by atoms with van der Waals surface area (Å²) in [6.45, 7) is 12.0. The molecule has 2 aromatic heterocycles. The van der Waals surface area contributed by atoms with Crippen LogP contribution in [-0.4, -0.2) is 26.6 Å². The van der Waals surface area contributed by atoms with Crippen molar-refractivity contribution in [1.82, 2.24) is 15.0 Å². The number of aromatic nitrogens is 3. The molecule has 1 aromatic carbocycles. The maximum absolute atomic E-state index is 10.1. The van der Waals surface area contributed by atoms with Gasteiger partial charge in [0, 0.05) is 34.6 Å². The molecule has 0 amide bonds. The number of nitrogens with one attached hydrogen (secondary N) is 1. The molecule has 2 N–H and O–H groups in total. The summed E-state index contributed by atoms with van der Waals surface area (Å²) in [5.74, 6) is 1.40. The van der Waals surface area contributed by atoms with Gasteiger partial charge in [-0.2, -0.15) is 0 Å². The van der Waals surface area contributed by atoms with Crippen molar-refractivity contribution < 1.29 is 5.11 Å². The van der Waals surface area contributed by atoms with Crippen molar-refractivity contribution in [3.05, 3.63) is 76.1 Å². The highest BCUT2D eigenvalue weighted by molar-refractivity contribution is 6.33. The summed E-state index contributed by atoms with van der Waals surface area (Å²) in [5.41, 5.74) is 3.24. The van der Waals surface area contributed by atoms with Crippen molar-refractivity contribution >= 4 is 34.6 Å². The molecule has 0 saturated heterocycles. The highest BCUT2D eigenvalue weighted by atomic mass is 35.5. The molecule has 0 aliphatic carbocycles. The second kappa shape index (κ2) is 7.90. The fourth-order valence-corrected chi connectivity index (χ4v) is 3.63. The molecule has 0 bridgehead atoms. The summed E-state index contributed by atoms with van der Waals surface area (Å²) in [5, 5.41) is 13.8. The number of hydrogen-bond acceptors (Lipinski definition) is 6. The van der Waals surface area contributed by atoms with Gasteiger partial charge in [-0.15, -0.1) is 0 Å². The van der Waals surface area contributed by atoms with E-state index in [9.17, 15) is 5.11 Å². The molecule has 30 heavy (non-hydrogen) atoms. The molecule has 0 atom stereocenters. The average Bonchev–Trinajstić information content (AvgIpc) is 2.73. The third kappa shape index (κ3) is 4.06. The van der Waals surface area contributed by atoms with E-state index in [4.69, 9.17) is 18.2 Å². The van der Waals surface area contributed by atoms with Crippen molar-refractivity contribution in [3.63, 3.8) is 0 Å². The maximum atomic E-state index is 10.1. The van der Waals surface area contributed by atoms with Gasteiger partial charge in [0.2, 0.25) is 5.69 Å². The lowest BCUT2D eigenvalue weighted by atomic mass is 10.0. The van der Waals surface area contributed by atoms with Crippen LogP contribution in [0.1, 0.15) is 30.7 Å². The van der Waals surface area contributed by atoms with Crippen molar-refractivity contribution in [2.75, 3.05) is 16.8 Å². The van der Waals surface area contributed by atoms with E-state index < -0.39 is 5.60 Å². The molecule has 1 aliphatic rings. The van der Waals surface area contributed by atoms with Crippen molar-refractivity contribution in [3.8, 4) is 0 Å². The highest BCUT2D eigenvalue weighted by Gasteiger charge is 2.22. The number of fused-ring (bicyclic) bond motifs is 1. The monoisotopic (exact) mass is 420 g/mol. The number of aliphatic hydroxyl groups is 1. The predicted octanol–water partition coefficient (Wildman–Crippen LogP) is 4.61. The van der Waals surface area contributed by atoms with Gasteiger partial charge < -0.3 is 15.3 Å². The van der Waals surface area contributed by atoms with Gasteiger partial charge in [-0.3, -0.25) is 0 Å². The Hall–Kier alpha value is -3.21. The number of nitrogens with zero attached hydrogens (tertiary/aromatic N) is 5. The van der Waals surface area contributed by atoms with Crippen LogP contribution in [0.5, 0.6) is 0 Å². The standard InChI is InChI=1S/C22H21ClN6O/c1-22(2,30)14-4-7-20(25-11-14)28-21-16-8-9-29(12-19(16)26-13-27-21)15-5-6-18(24-3)17(23)10-15/h4-7,10-11,13,30H,8-9,12H2,1-2H3,(H,25,26,27,28). The first-order chi connectivity index (χ1) is 14.3. The van der Waals surface area contributed by atoms with Gasteiger partial charge in [0.25, 0.3) is 0 Å². The minimum atomic E-state index is -0.932. The molecular formula is C22H21ClN6O. The van der Waals surface area contributed by atoms with Crippen LogP contribution in [0.15, 0.2) is 42.9 Å². The molecule has 4 rings (SSSR count). The van der Waals surface area contributed by atoms with Gasteiger partial charge in [-0.1, -0.05) is 23.7 Å². The van der Waals surface area contributed by atoms with Crippen LogP contribution in [0.2, 0.25) is 5.02 Å². The molecule has 3 aromatic rings. The number of rotatable bonds is 4. The van der Waals surface area contributed by atoms with Crippen LogP contribution < -0.4 is 10.2 Å². The first-order valence-electron chi connectivity index (χ1n) is 9.56. The number of benzene rings is 1. The maximum Gasteiger partial charge on any atom is 0.205 e. The van der Waals surface area contributed by atoms with Crippen molar-refractivity contribution in [2.24, 2.45) is 0 Å². The Morgan fingerprint density at radius 3 is 2.70 bits per heavy atom. The lowest BCUT2D eigenvalue weighted by Gasteiger charge is -2.31. The van der Waals surface area contributed by atoms with Gasteiger partial charge in [-0.05, 0) is 38.5 Å². The van der Waals surface area contributed by atoms with E-state index in [0.717, 1.165) is 41.3 Å². The van der Waals surface area contributed by atoms with Crippen LogP contribution in [0.25, 0.3) is 4.85 Å². The zero-order valence-corrected chi connectivity index (χ0v) is 17.5. The average molecular weight is 421 g/mol. The molecule has 0 unspecified atom stereocenters. The van der Waals surface area contributed by atoms with Gasteiger partial charge in [0.05, 0.1) is 24.4 Å². The lowest BCUT2D eigenvalue weighted by molar-refractivity contribution is 0.0782. The molecule has 1 aliphatic heterocycles. The lowest BCUT2D eigenvalue weighted by Crippen LogP contribution is -2.31. The molecular weight excluding hydrogens is 400 g/mol. The Kier molecular flexibility index (Phi) is 5.29. The summed E-state index contributed by atoms with van der Waals surface area (Å²) in [6.07, 6.45) is 3.97. The minimum Gasteiger partial charge on any atom is -0.386 e. The van der Waals surface area contributed by atoms with Crippen LogP contribution in [0.4, 0.5) is 23.0 Å². The molecule has 0 radical (unpaired) electrons. The first-order valence-corrected chi connectivity index (χ1v) is 9.93. The summed E-state index contributed by atoms with van der Waals surface area (Å²) < 4.78 is 0. The Labute approximate surface area is 180 Å². The number of halogens is 1. The smallest absolute Gasteiger partial charge is 0.205 e. The SMILES string of the molecule is [C-]#[N+]c1ccc(N2CCc3c(ncnc3Nc3ccc(C(C)(C)O)cn3)C2)cc1Cl. The molecule has 152 valence electrons. The van der Waals surface area contributed by atoms with E-state index in [1.54, 1.807) is 32.4 Å². The summed E-state index contributed by atoms with van der Waals surface area (Å²) >= 11 is 6.21. The topological polar surface area (TPSA) is 78.5 Å². The van der Waals surface area contributed by atoms with E-state index in [2.05, 4.69) is 30.0 Å². The zero-order chi connectivity index (χ0) is 21.3. The molecule has 8 heteroatoms. The molecule has 0 saturated carbocycles. The third-order valence-electron chi connectivity index (χ3n) is 5.14. The highest BCUT2D eigenvalue weighted by Crippen LogP contribution is 2.33. The Balaban J connectivity index is 1.54. The van der Waals surface area contributed by atoms with Gasteiger partial charge in [-0.25, -0.2) is 19.8 Å². The summed E-state index contributed by atoms with van der Waals surface area (Å²) in [6, 6.07) is 9.17. The van der Waals surface area contributed by atoms with Crippen LogP contribution in [0.3, 0.4) is 0 Å². The van der Waals surface area contributed by atoms with E-state index in [-0.39, 0.29) is 0 Å². The molecule has 0 fully saturated rings. The van der Waals surface area contributed by atoms with E-state index >= 15 is 0 Å².